The Labute approximate surface area is 147 Å². The van der Waals surface area contributed by atoms with Gasteiger partial charge in [-0.25, -0.2) is 9.98 Å². The first-order chi connectivity index (χ1) is 11.0. The Balaban J connectivity index is 1.88. The van der Waals surface area contributed by atoms with Gasteiger partial charge >= 0.3 is 0 Å². The maximum atomic E-state index is 4.69. The van der Waals surface area contributed by atoms with E-state index in [1.807, 2.05) is 0 Å². The van der Waals surface area contributed by atoms with Crippen molar-refractivity contribution in [3.05, 3.63) is 38.5 Å². The number of aromatic nitrogens is 1. The second kappa shape index (κ2) is 8.45. The molecule has 2 heterocycles. The molecule has 0 radical (unpaired) electrons. The van der Waals surface area contributed by atoms with Crippen LogP contribution in [0.15, 0.2) is 27.9 Å². The predicted octanol–water partition coefficient (Wildman–Crippen LogP) is 3.80. The van der Waals surface area contributed by atoms with E-state index in [9.17, 15) is 0 Å². The van der Waals surface area contributed by atoms with Crippen molar-refractivity contribution in [2.75, 3.05) is 13.1 Å². The zero-order chi connectivity index (χ0) is 16.7. The molecule has 0 aliphatic rings. The first-order valence-corrected chi connectivity index (χ1v) is 9.74. The summed E-state index contributed by atoms with van der Waals surface area (Å²) in [5, 5.41) is 12.0. The fraction of sp³-hybridized carbons (Fsp3) is 0.529. The number of aliphatic imine (C=N–C) groups is 1. The van der Waals surface area contributed by atoms with Crippen LogP contribution in [0.1, 0.15) is 43.3 Å². The summed E-state index contributed by atoms with van der Waals surface area (Å²) in [4.78, 5) is 10.7. The van der Waals surface area contributed by atoms with Gasteiger partial charge in [0.2, 0.25) is 0 Å². The molecule has 0 aliphatic heterocycles. The lowest BCUT2D eigenvalue weighted by atomic mass is 9.93. The molecule has 0 unspecified atom stereocenters. The molecule has 0 aromatic carbocycles. The average molecular weight is 351 g/mol. The first kappa shape index (κ1) is 17.9. The molecule has 0 bridgehead atoms. The van der Waals surface area contributed by atoms with Gasteiger partial charge < -0.3 is 10.6 Å². The first-order valence-electron chi connectivity index (χ1n) is 7.98. The van der Waals surface area contributed by atoms with Crippen LogP contribution < -0.4 is 10.6 Å². The Morgan fingerprint density at radius 3 is 2.70 bits per heavy atom. The van der Waals surface area contributed by atoms with E-state index in [2.05, 4.69) is 66.2 Å². The fourth-order valence-corrected chi connectivity index (χ4v) is 3.63. The van der Waals surface area contributed by atoms with Crippen molar-refractivity contribution in [3.63, 3.8) is 0 Å². The molecule has 0 fully saturated rings. The lowest BCUT2D eigenvalue weighted by molar-refractivity contribution is 0.571. The summed E-state index contributed by atoms with van der Waals surface area (Å²) >= 11 is 3.48. The lowest BCUT2D eigenvalue weighted by Crippen LogP contribution is -2.38. The van der Waals surface area contributed by atoms with E-state index in [0.717, 1.165) is 36.2 Å². The van der Waals surface area contributed by atoms with Crippen LogP contribution in [0, 0.1) is 0 Å². The van der Waals surface area contributed by atoms with Crippen molar-refractivity contribution in [1.82, 2.24) is 15.6 Å². The van der Waals surface area contributed by atoms with E-state index < -0.39 is 0 Å². The van der Waals surface area contributed by atoms with Gasteiger partial charge in [-0.3, -0.25) is 0 Å². The van der Waals surface area contributed by atoms with E-state index in [0.29, 0.717) is 6.54 Å². The molecule has 0 atom stereocenters. The molecule has 4 nitrogen and oxygen atoms in total. The SMILES string of the molecule is CCNC(=NCc1nc(C(C)(C)C)cs1)NCCc1cccs1. The Morgan fingerprint density at radius 1 is 1.26 bits per heavy atom. The van der Waals surface area contributed by atoms with Gasteiger partial charge in [0.25, 0.3) is 0 Å². The average Bonchev–Trinajstić information content (AvgIpc) is 3.15. The molecule has 0 amide bonds. The third-order valence-electron chi connectivity index (χ3n) is 3.28. The minimum absolute atomic E-state index is 0.0991. The zero-order valence-electron chi connectivity index (χ0n) is 14.3. The third kappa shape index (κ3) is 5.95. The molecule has 0 saturated heterocycles. The Morgan fingerprint density at radius 2 is 2.09 bits per heavy atom. The molecule has 2 aromatic rings. The number of thiazole rings is 1. The third-order valence-corrected chi connectivity index (χ3v) is 5.05. The smallest absolute Gasteiger partial charge is 0.191 e. The van der Waals surface area contributed by atoms with Crippen LogP contribution in [-0.4, -0.2) is 24.0 Å². The summed E-state index contributed by atoms with van der Waals surface area (Å²) in [7, 11) is 0. The maximum absolute atomic E-state index is 4.69. The molecule has 2 N–H and O–H groups in total. The summed E-state index contributed by atoms with van der Waals surface area (Å²) in [6.45, 7) is 11.0. The topological polar surface area (TPSA) is 49.3 Å². The second-order valence-corrected chi connectivity index (χ2v) is 8.30. The van der Waals surface area contributed by atoms with Crippen LogP contribution in [0.4, 0.5) is 0 Å². The van der Waals surface area contributed by atoms with Crippen LogP contribution in [0.5, 0.6) is 0 Å². The van der Waals surface area contributed by atoms with Crippen molar-refractivity contribution in [1.29, 1.82) is 0 Å². The van der Waals surface area contributed by atoms with Crippen molar-refractivity contribution in [3.8, 4) is 0 Å². The summed E-state index contributed by atoms with van der Waals surface area (Å²) < 4.78 is 0. The predicted molar refractivity (Wildman–Crippen MR) is 102 cm³/mol. The van der Waals surface area contributed by atoms with E-state index in [1.165, 1.54) is 4.88 Å². The summed E-state index contributed by atoms with van der Waals surface area (Å²) in [6, 6.07) is 4.26. The van der Waals surface area contributed by atoms with Crippen LogP contribution in [-0.2, 0) is 18.4 Å². The zero-order valence-corrected chi connectivity index (χ0v) is 16.0. The normalized spacial score (nSPS) is 12.4. The second-order valence-electron chi connectivity index (χ2n) is 6.33. The highest BCUT2D eigenvalue weighted by Gasteiger charge is 2.17. The van der Waals surface area contributed by atoms with Crippen molar-refractivity contribution < 1.29 is 0 Å². The van der Waals surface area contributed by atoms with Gasteiger partial charge in [0.15, 0.2) is 5.96 Å². The lowest BCUT2D eigenvalue weighted by Gasteiger charge is -2.14. The molecule has 0 aliphatic carbocycles. The molecule has 0 saturated carbocycles. The molecular formula is C17H26N4S2. The number of nitrogens with one attached hydrogen (secondary N) is 2. The molecule has 2 rings (SSSR count). The highest BCUT2D eigenvalue weighted by molar-refractivity contribution is 7.10. The van der Waals surface area contributed by atoms with Crippen LogP contribution >= 0.6 is 22.7 Å². The summed E-state index contributed by atoms with van der Waals surface area (Å²) in [6.07, 6.45) is 1.02. The van der Waals surface area contributed by atoms with E-state index in [-0.39, 0.29) is 5.41 Å². The van der Waals surface area contributed by atoms with Gasteiger partial charge in [0.05, 0.1) is 12.2 Å². The monoisotopic (exact) mass is 350 g/mol. The Kier molecular flexibility index (Phi) is 6.59. The van der Waals surface area contributed by atoms with E-state index in [4.69, 9.17) is 4.98 Å². The van der Waals surface area contributed by atoms with E-state index in [1.54, 1.807) is 22.7 Å². The van der Waals surface area contributed by atoms with Crippen LogP contribution in [0.25, 0.3) is 0 Å². The molecular weight excluding hydrogens is 324 g/mol. The van der Waals surface area contributed by atoms with Gasteiger partial charge in [0, 0.05) is 28.8 Å². The number of hydrogen-bond acceptors (Lipinski definition) is 4. The molecule has 6 heteroatoms. The summed E-state index contributed by atoms with van der Waals surface area (Å²) in [5.74, 6) is 0.858. The highest BCUT2D eigenvalue weighted by Crippen LogP contribution is 2.24. The number of guanidine groups is 1. The van der Waals surface area contributed by atoms with Gasteiger partial charge in [0.1, 0.15) is 5.01 Å². The number of hydrogen-bond donors (Lipinski definition) is 2. The van der Waals surface area contributed by atoms with Gasteiger partial charge in [-0.05, 0) is 24.8 Å². The quantitative estimate of drug-likeness (QED) is 0.615. The van der Waals surface area contributed by atoms with E-state index >= 15 is 0 Å². The largest absolute Gasteiger partial charge is 0.357 e. The number of nitrogens with zero attached hydrogens (tertiary/aromatic N) is 2. The van der Waals surface area contributed by atoms with Crippen LogP contribution in [0.3, 0.4) is 0 Å². The fourth-order valence-electron chi connectivity index (χ4n) is 1.98. The highest BCUT2D eigenvalue weighted by atomic mass is 32.1. The van der Waals surface area contributed by atoms with Crippen molar-refractivity contribution in [2.24, 2.45) is 4.99 Å². The maximum Gasteiger partial charge on any atom is 0.191 e. The molecule has 0 spiro atoms. The Hall–Kier alpha value is -1.40. The Bertz CT molecular complexity index is 609. The minimum Gasteiger partial charge on any atom is -0.357 e. The summed E-state index contributed by atoms with van der Waals surface area (Å²) in [5.41, 5.74) is 1.24. The number of rotatable bonds is 6. The number of thiophene rings is 1. The standard InChI is InChI=1S/C17H26N4S2/c1-5-18-16(19-9-8-13-7-6-10-22-13)20-11-15-21-14(12-23-15)17(2,3)4/h6-7,10,12H,5,8-9,11H2,1-4H3,(H2,18,19,20). The van der Waals surface area contributed by atoms with Gasteiger partial charge in [-0.2, -0.15) is 0 Å². The van der Waals surface area contributed by atoms with Crippen LogP contribution in [0.2, 0.25) is 0 Å². The molecule has 23 heavy (non-hydrogen) atoms. The van der Waals surface area contributed by atoms with Gasteiger partial charge in [-0.1, -0.05) is 26.8 Å². The van der Waals surface area contributed by atoms with Crippen molar-refractivity contribution >= 4 is 28.6 Å². The molecule has 126 valence electrons. The minimum atomic E-state index is 0.0991. The molecule has 2 aromatic heterocycles. The van der Waals surface area contributed by atoms with Gasteiger partial charge in [-0.15, -0.1) is 22.7 Å². The van der Waals surface area contributed by atoms with Crippen molar-refractivity contribution in [2.45, 2.75) is 46.1 Å².